The lowest BCUT2D eigenvalue weighted by atomic mass is 9.94. The number of benzene rings is 1. The molecule has 1 aliphatic heterocycles. The van der Waals surface area contributed by atoms with Gasteiger partial charge in [-0.15, -0.1) is 0 Å². The highest BCUT2D eigenvalue weighted by Gasteiger charge is 2.23. The average molecular weight is 421 g/mol. The number of aromatic amines is 1. The zero-order chi connectivity index (χ0) is 21.8. The summed E-state index contributed by atoms with van der Waals surface area (Å²) in [5.41, 5.74) is 0.767. The summed E-state index contributed by atoms with van der Waals surface area (Å²) >= 11 is 0. The first-order valence-corrected chi connectivity index (χ1v) is 9.99. The maximum atomic E-state index is 12.5. The third kappa shape index (κ3) is 4.21. The van der Waals surface area contributed by atoms with Gasteiger partial charge in [-0.25, -0.2) is 10.1 Å². The van der Waals surface area contributed by atoms with Crippen LogP contribution in [-0.2, 0) is 0 Å². The van der Waals surface area contributed by atoms with Crippen LogP contribution in [0.2, 0.25) is 0 Å². The summed E-state index contributed by atoms with van der Waals surface area (Å²) in [4.78, 5) is 23.8. The van der Waals surface area contributed by atoms with E-state index in [4.69, 9.17) is 14.7 Å². The maximum absolute atomic E-state index is 12.5. The fourth-order valence-electron chi connectivity index (χ4n) is 3.74. The summed E-state index contributed by atoms with van der Waals surface area (Å²) in [5.74, 6) is 2.47. The molecule has 0 atom stereocenters. The zero-order valence-corrected chi connectivity index (χ0v) is 17.4. The van der Waals surface area contributed by atoms with Crippen molar-refractivity contribution < 1.29 is 9.47 Å². The standard InChI is InChI=1S/C21H23N7O3/c1-30-16-4-3-14(11-17(16)31-2)24-19-18-15(12-23-27-20(18)29)25-21(26-19)28-9-6-13(5-8-22)7-10-28/h3-4,11-13H,5-7,9-10H2,1-2H3,(H,27,29)(H,24,25,26). The summed E-state index contributed by atoms with van der Waals surface area (Å²) in [6, 6.07) is 7.62. The van der Waals surface area contributed by atoms with Crippen molar-refractivity contribution in [2.75, 3.05) is 37.5 Å². The Morgan fingerprint density at radius 2 is 2.00 bits per heavy atom. The summed E-state index contributed by atoms with van der Waals surface area (Å²) in [7, 11) is 3.13. The van der Waals surface area contributed by atoms with E-state index in [1.807, 2.05) is 6.07 Å². The molecule has 10 heteroatoms. The van der Waals surface area contributed by atoms with Gasteiger partial charge in [-0.05, 0) is 30.9 Å². The minimum atomic E-state index is -0.375. The largest absolute Gasteiger partial charge is 0.493 e. The molecule has 31 heavy (non-hydrogen) atoms. The molecule has 0 unspecified atom stereocenters. The molecule has 0 bridgehead atoms. The van der Waals surface area contributed by atoms with E-state index in [1.54, 1.807) is 26.4 Å². The second kappa shape index (κ2) is 8.87. The molecule has 0 amide bonds. The second-order valence-corrected chi connectivity index (χ2v) is 7.32. The van der Waals surface area contributed by atoms with Crippen LogP contribution in [0.4, 0.5) is 17.5 Å². The highest BCUT2D eigenvalue weighted by Crippen LogP contribution is 2.32. The van der Waals surface area contributed by atoms with Crippen LogP contribution >= 0.6 is 0 Å². The van der Waals surface area contributed by atoms with Gasteiger partial charge in [0.15, 0.2) is 11.5 Å². The van der Waals surface area contributed by atoms with Crippen LogP contribution in [0.25, 0.3) is 10.9 Å². The molecular weight excluding hydrogens is 398 g/mol. The Labute approximate surface area is 178 Å². The van der Waals surface area contributed by atoms with Crippen LogP contribution in [-0.4, -0.2) is 47.5 Å². The lowest BCUT2D eigenvalue weighted by molar-refractivity contribution is 0.355. The van der Waals surface area contributed by atoms with E-state index in [2.05, 4.69) is 36.5 Å². The van der Waals surface area contributed by atoms with Crippen LogP contribution in [0.3, 0.4) is 0 Å². The molecule has 2 N–H and O–H groups in total. The minimum absolute atomic E-state index is 0.327. The van der Waals surface area contributed by atoms with Crippen LogP contribution in [0.15, 0.2) is 29.2 Å². The number of hydrogen-bond donors (Lipinski definition) is 2. The fraction of sp³-hybridized carbons (Fsp3) is 0.381. The molecule has 3 heterocycles. The fourth-order valence-corrected chi connectivity index (χ4v) is 3.74. The number of rotatable bonds is 6. The molecule has 0 saturated carbocycles. The highest BCUT2D eigenvalue weighted by molar-refractivity contribution is 5.90. The number of ether oxygens (including phenoxy) is 2. The van der Waals surface area contributed by atoms with Gasteiger partial charge in [-0.2, -0.15) is 15.3 Å². The van der Waals surface area contributed by atoms with Gasteiger partial charge in [0.2, 0.25) is 5.95 Å². The molecule has 1 aliphatic rings. The molecule has 1 saturated heterocycles. The van der Waals surface area contributed by atoms with E-state index in [0.29, 0.717) is 52.2 Å². The number of methoxy groups -OCH3 is 2. The van der Waals surface area contributed by atoms with E-state index in [0.717, 1.165) is 25.9 Å². The van der Waals surface area contributed by atoms with Crippen molar-refractivity contribution in [1.29, 1.82) is 5.26 Å². The highest BCUT2D eigenvalue weighted by atomic mass is 16.5. The molecule has 1 fully saturated rings. The quantitative estimate of drug-likeness (QED) is 0.617. The summed E-state index contributed by atoms with van der Waals surface area (Å²) in [5, 5.41) is 18.8. The number of H-pyrrole nitrogens is 1. The van der Waals surface area contributed by atoms with Crippen molar-refractivity contribution in [2.45, 2.75) is 19.3 Å². The lowest BCUT2D eigenvalue weighted by Crippen LogP contribution is -2.35. The van der Waals surface area contributed by atoms with Crippen LogP contribution in [0.5, 0.6) is 11.5 Å². The number of hydrogen-bond acceptors (Lipinski definition) is 9. The maximum Gasteiger partial charge on any atom is 0.277 e. The topological polar surface area (TPSA) is 129 Å². The van der Waals surface area contributed by atoms with Crippen molar-refractivity contribution in [3.63, 3.8) is 0 Å². The van der Waals surface area contributed by atoms with Gasteiger partial charge in [-0.3, -0.25) is 4.79 Å². The summed E-state index contributed by atoms with van der Waals surface area (Å²) in [6.45, 7) is 1.51. The van der Waals surface area contributed by atoms with Gasteiger partial charge in [0.1, 0.15) is 16.7 Å². The first-order valence-electron chi connectivity index (χ1n) is 9.99. The van der Waals surface area contributed by atoms with Crippen LogP contribution < -0.4 is 25.2 Å². The van der Waals surface area contributed by atoms with E-state index in [1.165, 1.54) is 6.20 Å². The number of aromatic nitrogens is 4. The van der Waals surface area contributed by atoms with E-state index >= 15 is 0 Å². The van der Waals surface area contributed by atoms with Gasteiger partial charge in [0.25, 0.3) is 5.56 Å². The number of fused-ring (bicyclic) bond motifs is 1. The van der Waals surface area contributed by atoms with Crippen molar-refractivity contribution in [3.8, 4) is 17.6 Å². The third-order valence-electron chi connectivity index (χ3n) is 5.43. The van der Waals surface area contributed by atoms with Crippen molar-refractivity contribution in [3.05, 3.63) is 34.7 Å². The number of nitriles is 1. The molecule has 3 aromatic rings. The van der Waals surface area contributed by atoms with Gasteiger partial charge in [0, 0.05) is 31.3 Å². The Bertz CT molecular complexity index is 1180. The molecular formula is C21H23N7O3. The first kappa shape index (κ1) is 20.4. The number of anilines is 3. The Balaban J connectivity index is 1.71. The van der Waals surface area contributed by atoms with Crippen LogP contribution in [0, 0.1) is 17.2 Å². The third-order valence-corrected chi connectivity index (χ3v) is 5.43. The van der Waals surface area contributed by atoms with Crippen molar-refractivity contribution >= 4 is 28.4 Å². The Hall–Kier alpha value is -3.87. The Morgan fingerprint density at radius 3 is 2.71 bits per heavy atom. The lowest BCUT2D eigenvalue weighted by Gasteiger charge is -2.31. The molecule has 4 rings (SSSR count). The summed E-state index contributed by atoms with van der Waals surface area (Å²) < 4.78 is 10.7. The molecule has 0 spiro atoms. The number of nitrogens with one attached hydrogen (secondary N) is 2. The zero-order valence-electron chi connectivity index (χ0n) is 17.4. The van der Waals surface area contributed by atoms with Crippen LogP contribution in [0.1, 0.15) is 19.3 Å². The molecule has 0 radical (unpaired) electrons. The number of nitrogens with zero attached hydrogens (tertiary/aromatic N) is 5. The Kier molecular flexibility index (Phi) is 5.84. The molecule has 1 aromatic carbocycles. The normalized spacial score (nSPS) is 14.3. The Morgan fingerprint density at radius 1 is 1.23 bits per heavy atom. The van der Waals surface area contributed by atoms with Crippen molar-refractivity contribution in [1.82, 2.24) is 20.2 Å². The van der Waals surface area contributed by atoms with Gasteiger partial charge >= 0.3 is 0 Å². The summed E-state index contributed by atoms with van der Waals surface area (Å²) in [6.07, 6.45) is 3.89. The predicted molar refractivity (Wildman–Crippen MR) is 116 cm³/mol. The molecule has 2 aromatic heterocycles. The number of piperidine rings is 1. The van der Waals surface area contributed by atoms with Crippen molar-refractivity contribution in [2.24, 2.45) is 5.92 Å². The van der Waals surface area contributed by atoms with E-state index in [-0.39, 0.29) is 5.56 Å². The monoisotopic (exact) mass is 421 g/mol. The smallest absolute Gasteiger partial charge is 0.277 e. The molecule has 0 aliphatic carbocycles. The van der Waals surface area contributed by atoms with E-state index in [9.17, 15) is 4.79 Å². The van der Waals surface area contributed by atoms with Gasteiger partial charge in [-0.1, -0.05) is 0 Å². The second-order valence-electron chi connectivity index (χ2n) is 7.32. The predicted octanol–water partition coefficient (Wildman–Crippen LogP) is 2.60. The van der Waals surface area contributed by atoms with E-state index < -0.39 is 0 Å². The minimum Gasteiger partial charge on any atom is -0.493 e. The first-order chi connectivity index (χ1) is 15.1. The molecule has 160 valence electrons. The van der Waals surface area contributed by atoms with Gasteiger partial charge < -0.3 is 19.7 Å². The molecule has 10 nitrogen and oxygen atoms in total. The van der Waals surface area contributed by atoms with Gasteiger partial charge in [0.05, 0.1) is 26.5 Å². The average Bonchev–Trinajstić information content (AvgIpc) is 2.79. The SMILES string of the molecule is COc1ccc(Nc2nc(N3CCC(CC#N)CC3)nc3cn[nH]c(=O)c23)cc1OC.